The van der Waals surface area contributed by atoms with Crippen LogP contribution in [-0.2, 0) is 6.54 Å². The highest BCUT2D eigenvalue weighted by atomic mass is 16.2. The molecule has 0 saturated heterocycles. The van der Waals surface area contributed by atoms with Crippen molar-refractivity contribution in [2.24, 2.45) is 0 Å². The molecular formula is C18H22N6O. The van der Waals surface area contributed by atoms with Crippen LogP contribution in [0.15, 0.2) is 61.4 Å². The molecular weight excluding hydrogens is 316 g/mol. The predicted octanol–water partition coefficient (Wildman–Crippen LogP) is 2.52. The predicted molar refractivity (Wildman–Crippen MR) is 95.3 cm³/mol. The monoisotopic (exact) mass is 338 g/mol. The van der Waals surface area contributed by atoms with Gasteiger partial charge in [-0.25, -0.2) is 14.5 Å². The number of hydrogen-bond acceptors (Lipinski definition) is 3. The van der Waals surface area contributed by atoms with Crippen LogP contribution in [0.2, 0.25) is 0 Å². The molecule has 130 valence electrons. The second-order valence-corrected chi connectivity index (χ2v) is 6.04. The second-order valence-electron chi connectivity index (χ2n) is 6.04. The van der Waals surface area contributed by atoms with Gasteiger partial charge in [-0.2, -0.15) is 5.10 Å². The molecule has 0 aliphatic rings. The summed E-state index contributed by atoms with van der Waals surface area (Å²) < 4.78 is 3.73. The fraction of sp³-hybridized carbons (Fsp3) is 0.278. The highest BCUT2D eigenvalue weighted by Gasteiger charge is 2.12. The van der Waals surface area contributed by atoms with Gasteiger partial charge in [-0.3, -0.25) is 0 Å². The van der Waals surface area contributed by atoms with E-state index in [1.165, 1.54) is 0 Å². The Morgan fingerprint density at radius 1 is 1.12 bits per heavy atom. The molecule has 0 fully saturated rings. The Labute approximate surface area is 146 Å². The van der Waals surface area contributed by atoms with E-state index in [4.69, 9.17) is 0 Å². The third-order valence-electron chi connectivity index (χ3n) is 3.93. The molecule has 3 aromatic rings. The van der Waals surface area contributed by atoms with Gasteiger partial charge in [-0.05, 0) is 37.6 Å². The van der Waals surface area contributed by atoms with E-state index in [2.05, 4.69) is 20.7 Å². The maximum Gasteiger partial charge on any atom is 0.315 e. The Morgan fingerprint density at radius 3 is 2.56 bits per heavy atom. The summed E-state index contributed by atoms with van der Waals surface area (Å²) in [6.07, 6.45) is 8.97. The van der Waals surface area contributed by atoms with Crippen molar-refractivity contribution in [2.45, 2.75) is 32.5 Å². The van der Waals surface area contributed by atoms with Crippen LogP contribution >= 0.6 is 0 Å². The highest BCUT2D eigenvalue weighted by Crippen LogP contribution is 2.15. The van der Waals surface area contributed by atoms with Gasteiger partial charge in [0, 0.05) is 37.4 Å². The summed E-state index contributed by atoms with van der Waals surface area (Å²) in [7, 11) is 0. The minimum atomic E-state index is -0.184. The molecule has 2 atom stereocenters. The minimum Gasteiger partial charge on any atom is -0.335 e. The number of hydrogen-bond donors (Lipinski definition) is 2. The number of amides is 2. The first-order valence-corrected chi connectivity index (χ1v) is 8.24. The van der Waals surface area contributed by atoms with E-state index in [-0.39, 0.29) is 18.1 Å². The first-order chi connectivity index (χ1) is 12.1. The van der Waals surface area contributed by atoms with Crippen LogP contribution in [-0.4, -0.2) is 31.4 Å². The number of nitrogens with zero attached hydrogens (tertiary/aromatic N) is 4. The lowest BCUT2D eigenvalue weighted by atomic mass is 10.1. The molecule has 0 aliphatic heterocycles. The van der Waals surface area contributed by atoms with Crippen LogP contribution < -0.4 is 10.6 Å². The maximum absolute atomic E-state index is 12.2. The first kappa shape index (κ1) is 16.8. The SMILES string of the molecule is C[C@H](Cn1ccnc1)NC(=O)N[C@@H](C)c1ccc(-n2cccn2)cc1. The molecule has 1 aromatic carbocycles. The summed E-state index contributed by atoms with van der Waals surface area (Å²) in [6, 6.07) is 9.58. The average molecular weight is 338 g/mol. The largest absolute Gasteiger partial charge is 0.335 e. The molecule has 0 saturated carbocycles. The van der Waals surface area contributed by atoms with Crippen LogP contribution in [0.4, 0.5) is 4.79 Å². The Hall–Kier alpha value is -3.09. The lowest BCUT2D eigenvalue weighted by Gasteiger charge is -2.19. The Kier molecular flexibility index (Phi) is 5.13. The van der Waals surface area contributed by atoms with Crippen LogP contribution in [0, 0.1) is 0 Å². The van der Waals surface area contributed by atoms with Gasteiger partial charge in [0.2, 0.25) is 0 Å². The fourth-order valence-corrected chi connectivity index (χ4v) is 2.64. The topological polar surface area (TPSA) is 76.8 Å². The number of aromatic nitrogens is 4. The Balaban J connectivity index is 1.52. The zero-order valence-corrected chi connectivity index (χ0v) is 14.3. The summed E-state index contributed by atoms with van der Waals surface area (Å²) in [5.74, 6) is 0. The van der Waals surface area contributed by atoms with Gasteiger partial charge in [0.05, 0.1) is 18.1 Å². The second kappa shape index (κ2) is 7.65. The molecule has 0 bridgehead atoms. The molecule has 0 radical (unpaired) electrons. The van der Waals surface area contributed by atoms with Crippen molar-refractivity contribution in [1.82, 2.24) is 30.0 Å². The van der Waals surface area contributed by atoms with Gasteiger partial charge in [-0.1, -0.05) is 12.1 Å². The quantitative estimate of drug-likeness (QED) is 0.725. The lowest BCUT2D eigenvalue weighted by Crippen LogP contribution is -2.43. The van der Waals surface area contributed by atoms with Crippen molar-refractivity contribution in [1.29, 1.82) is 0 Å². The number of nitrogens with one attached hydrogen (secondary N) is 2. The summed E-state index contributed by atoms with van der Waals surface area (Å²) in [4.78, 5) is 16.2. The van der Waals surface area contributed by atoms with E-state index in [9.17, 15) is 4.79 Å². The highest BCUT2D eigenvalue weighted by molar-refractivity contribution is 5.74. The van der Waals surface area contributed by atoms with E-state index in [1.54, 1.807) is 23.4 Å². The lowest BCUT2D eigenvalue weighted by molar-refractivity contribution is 0.233. The fourth-order valence-electron chi connectivity index (χ4n) is 2.64. The normalized spacial score (nSPS) is 13.2. The molecule has 2 N–H and O–H groups in total. The van der Waals surface area contributed by atoms with Crippen LogP contribution in [0.1, 0.15) is 25.5 Å². The van der Waals surface area contributed by atoms with Crippen LogP contribution in [0.5, 0.6) is 0 Å². The van der Waals surface area contributed by atoms with Crippen LogP contribution in [0.25, 0.3) is 5.69 Å². The zero-order chi connectivity index (χ0) is 17.6. The van der Waals surface area contributed by atoms with Gasteiger partial charge < -0.3 is 15.2 Å². The van der Waals surface area contributed by atoms with E-state index >= 15 is 0 Å². The summed E-state index contributed by atoms with van der Waals surface area (Å²) >= 11 is 0. The summed E-state index contributed by atoms with van der Waals surface area (Å²) in [5, 5.41) is 10.1. The summed E-state index contributed by atoms with van der Waals surface area (Å²) in [5.41, 5.74) is 2.02. The number of benzene rings is 1. The molecule has 7 nitrogen and oxygen atoms in total. The summed E-state index contributed by atoms with van der Waals surface area (Å²) in [6.45, 7) is 4.60. The maximum atomic E-state index is 12.2. The van der Waals surface area contributed by atoms with Gasteiger partial charge in [0.1, 0.15) is 0 Å². The van der Waals surface area contributed by atoms with Crippen molar-refractivity contribution in [3.8, 4) is 5.69 Å². The standard InChI is InChI=1S/C18H22N6O/c1-14(12-23-11-9-19-13-23)21-18(25)22-15(2)16-4-6-17(7-5-16)24-10-3-8-20-24/h3-11,13-15H,12H2,1-2H3,(H2,21,22,25)/t14-,15+/m1/s1. The van der Waals surface area contributed by atoms with Crippen molar-refractivity contribution < 1.29 is 4.79 Å². The molecule has 25 heavy (non-hydrogen) atoms. The average Bonchev–Trinajstić information content (AvgIpc) is 3.28. The minimum absolute atomic E-state index is 0.00333. The molecule has 2 aromatic heterocycles. The van der Waals surface area contributed by atoms with Gasteiger partial charge >= 0.3 is 6.03 Å². The number of carbonyl (C=O) groups excluding carboxylic acids is 1. The van der Waals surface area contributed by atoms with Crippen molar-refractivity contribution >= 4 is 6.03 Å². The number of carbonyl (C=O) groups is 1. The zero-order valence-electron chi connectivity index (χ0n) is 14.3. The third-order valence-corrected chi connectivity index (χ3v) is 3.93. The molecule has 0 aliphatic carbocycles. The first-order valence-electron chi connectivity index (χ1n) is 8.24. The van der Waals surface area contributed by atoms with E-state index < -0.39 is 0 Å². The van der Waals surface area contributed by atoms with E-state index in [0.717, 1.165) is 11.3 Å². The van der Waals surface area contributed by atoms with Crippen LogP contribution in [0.3, 0.4) is 0 Å². The molecule has 2 amide bonds. The molecule has 3 rings (SSSR count). The smallest absolute Gasteiger partial charge is 0.315 e. The molecule has 0 unspecified atom stereocenters. The third kappa shape index (κ3) is 4.47. The van der Waals surface area contributed by atoms with Crippen molar-refractivity contribution in [2.75, 3.05) is 0 Å². The van der Waals surface area contributed by atoms with Crippen molar-refractivity contribution in [3.05, 3.63) is 67.0 Å². The molecule has 2 heterocycles. The number of imidazole rings is 1. The molecule has 0 spiro atoms. The van der Waals surface area contributed by atoms with E-state index in [0.29, 0.717) is 6.54 Å². The molecule has 7 heteroatoms. The van der Waals surface area contributed by atoms with Crippen molar-refractivity contribution in [3.63, 3.8) is 0 Å². The Bertz CT molecular complexity index is 780. The number of rotatable bonds is 6. The Morgan fingerprint density at radius 2 is 1.92 bits per heavy atom. The van der Waals surface area contributed by atoms with Gasteiger partial charge in [0.25, 0.3) is 0 Å². The van der Waals surface area contributed by atoms with Gasteiger partial charge in [-0.15, -0.1) is 0 Å². The van der Waals surface area contributed by atoms with E-state index in [1.807, 2.05) is 61.1 Å². The van der Waals surface area contributed by atoms with Gasteiger partial charge in [0.15, 0.2) is 0 Å². The number of urea groups is 1.